The topological polar surface area (TPSA) is 116 Å². The van der Waals surface area contributed by atoms with E-state index in [1.807, 2.05) is 0 Å². The van der Waals surface area contributed by atoms with Crippen LogP contribution in [0.3, 0.4) is 0 Å². The lowest BCUT2D eigenvalue weighted by Crippen LogP contribution is -2.03. The molecule has 110 valence electrons. The van der Waals surface area contributed by atoms with Crippen LogP contribution in [0.25, 0.3) is 0 Å². The lowest BCUT2D eigenvalue weighted by atomic mass is 10.1. The Balaban J connectivity index is 2.31. The third kappa shape index (κ3) is 3.08. The molecule has 0 unspecified atom stereocenters. The van der Waals surface area contributed by atoms with Gasteiger partial charge >= 0.3 is 5.82 Å². The van der Waals surface area contributed by atoms with Crippen molar-refractivity contribution < 1.29 is 9.85 Å². The predicted octanol–water partition coefficient (Wildman–Crippen LogP) is 2.44. The molecule has 0 aliphatic heterocycles. The van der Waals surface area contributed by atoms with Crippen molar-refractivity contribution in [3.8, 4) is 0 Å². The van der Waals surface area contributed by atoms with Crippen molar-refractivity contribution in [1.29, 1.82) is 0 Å². The van der Waals surface area contributed by atoms with E-state index in [1.165, 1.54) is 16.9 Å². The van der Waals surface area contributed by atoms with Gasteiger partial charge in [-0.1, -0.05) is 17.7 Å². The molecule has 1 heterocycles. The maximum Gasteiger partial charge on any atom is 0.408 e. The molecule has 0 radical (unpaired) electrons. The van der Waals surface area contributed by atoms with Gasteiger partial charge in [0.2, 0.25) is 0 Å². The largest absolute Gasteiger partial charge is 0.408 e. The minimum absolute atomic E-state index is 0.0808. The van der Waals surface area contributed by atoms with E-state index in [9.17, 15) is 20.2 Å². The number of hydrogen-bond acceptors (Lipinski definition) is 6. The number of rotatable bonds is 5. The van der Waals surface area contributed by atoms with Crippen LogP contribution in [0, 0.1) is 20.2 Å². The van der Waals surface area contributed by atoms with Gasteiger partial charge in [0.05, 0.1) is 22.8 Å². The maximum absolute atomic E-state index is 11.0. The summed E-state index contributed by atoms with van der Waals surface area (Å²) in [6.07, 6.45) is 1.30. The van der Waals surface area contributed by atoms with Gasteiger partial charge in [0.25, 0.3) is 5.69 Å². The van der Waals surface area contributed by atoms with Crippen LogP contribution in [0.1, 0.15) is 5.56 Å². The maximum atomic E-state index is 11.0. The minimum Gasteiger partial charge on any atom is -0.383 e. The predicted molar refractivity (Wildman–Crippen MR) is 75.6 cm³/mol. The molecule has 1 aromatic heterocycles. The zero-order valence-corrected chi connectivity index (χ0v) is 11.6. The van der Waals surface area contributed by atoms with Gasteiger partial charge in [-0.2, -0.15) is 4.68 Å². The summed E-state index contributed by atoms with van der Waals surface area (Å²) in [6.45, 7) is 0.137. The smallest absolute Gasteiger partial charge is 0.383 e. The average molecular weight is 312 g/mol. The van der Waals surface area contributed by atoms with E-state index in [4.69, 9.17) is 11.6 Å². The summed E-state index contributed by atoms with van der Waals surface area (Å²) >= 11 is 5.69. The van der Waals surface area contributed by atoms with E-state index in [0.29, 0.717) is 11.3 Å². The van der Waals surface area contributed by atoms with Gasteiger partial charge in [0, 0.05) is 13.1 Å². The van der Waals surface area contributed by atoms with Gasteiger partial charge in [-0.15, -0.1) is 0 Å². The van der Waals surface area contributed by atoms with Crippen LogP contribution in [0.15, 0.2) is 24.4 Å². The normalized spacial score (nSPS) is 10.4. The van der Waals surface area contributed by atoms with Gasteiger partial charge < -0.3 is 15.4 Å². The fraction of sp³-hybridized carbons (Fsp3) is 0.182. The molecule has 10 heteroatoms. The molecule has 0 atom stereocenters. The van der Waals surface area contributed by atoms with E-state index >= 15 is 0 Å². The van der Waals surface area contributed by atoms with Gasteiger partial charge in [-0.05, 0) is 16.6 Å². The minimum atomic E-state index is -0.689. The van der Waals surface area contributed by atoms with Crippen LogP contribution >= 0.6 is 11.6 Å². The zero-order chi connectivity index (χ0) is 15.6. The van der Waals surface area contributed by atoms with Crippen LogP contribution in [0.4, 0.5) is 17.2 Å². The van der Waals surface area contributed by atoms with Gasteiger partial charge in [0.15, 0.2) is 5.02 Å². The highest BCUT2D eigenvalue weighted by Gasteiger charge is 2.20. The lowest BCUT2D eigenvalue weighted by molar-refractivity contribution is -0.389. The summed E-state index contributed by atoms with van der Waals surface area (Å²) in [6, 6.07) is 4.61. The molecule has 9 nitrogen and oxygen atoms in total. The fourth-order valence-corrected chi connectivity index (χ4v) is 2.04. The first-order valence-electron chi connectivity index (χ1n) is 5.74. The lowest BCUT2D eigenvalue weighted by Gasteiger charge is -2.04. The summed E-state index contributed by atoms with van der Waals surface area (Å²) < 4.78 is 1.26. The Kier molecular flexibility index (Phi) is 4.03. The number of hydrogen-bond donors (Lipinski definition) is 1. The number of aromatic nitrogens is 2. The standard InChI is InChI=1S/C11H10ClN5O4/c1-13-9-3-2-7(4-10(9)16(18)19)5-15-6-8(12)11(14-15)17(20)21/h2-4,6,13H,5H2,1H3. The zero-order valence-electron chi connectivity index (χ0n) is 10.8. The second kappa shape index (κ2) is 5.75. The van der Waals surface area contributed by atoms with E-state index in [0.717, 1.165) is 0 Å². The second-order valence-electron chi connectivity index (χ2n) is 4.11. The Labute approximate surface area is 123 Å². The van der Waals surface area contributed by atoms with Crippen molar-refractivity contribution in [3.05, 3.63) is 55.2 Å². The van der Waals surface area contributed by atoms with E-state index < -0.39 is 15.7 Å². The molecule has 0 spiro atoms. The highest BCUT2D eigenvalue weighted by molar-refractivity contribution is 6.32. The number of nitro benzene ring substituents is 1. The van der Waals surface area contributed by atoms with Gasteiger partial charge in [-0.25, -0.2) is 0 Å². The number of halogens is 1. The van der Waals surface area contributed by atoms with Crippen molar-refractivity contribution in [2.24, 2.45) is 0 Å². The van der Waals surface area contributed by atoms with Crippen molar-refractivity contribution in [1.82, 2.24) is 9.78 Å². The molecule has 0 saturated carbocycles. The van der Waals surface area contributed by atoms with Crippen LogP contribution < -0.4 is 5.32 Å². The molecule has 0 amide bonds. The quantitative estimate of drug-likeness (QED) is 0.669. The van der Waals surface area contributed by atoms with Crippen LogP contribution in [0.5, 0.6) is 0 Å². The van der Waals surface area contributed by atoms with Crippen molar-refractivity contribution in [2.45, 2.75) is 6.54 Å². The summed E-state index contributed by atoms with van der Waals surface area (Å²) in [5.41, 5.74) is 0.880. The molecule has 0 aliphatic carbocycles. The third-order valence-corrected chi connectivity index (χ3v) is 3.01. The molecule has 2 aromatic rings. The Morgan fingerprint density at radius 1 is 1.33 bits per heavy atom. The van der Waals surface area contributed by atoms with Crippen molar-refractivity contribution >= 4 is 28.8 Å². The summed E-state index contributed by atoms with van der Waals surface area (Å²) in [4.78, 5) is 20.4. The van der Waals surface area contributed by atoms with Crippen LogP contribution in [-0.4, -0.2) is 26.7 Å². The van der Waals surface area contributed by atoms with E-state index in [1.54, 1.807) is 19.2 Å². The Morgan fingerprint density at radius 3 is 2.57 bits per heavy atom. The first-order chi connectivity index (χ1) is 9.92. The molecule has 0 fully saturated rings. The Bertz CT molecular complexity index is 715. The summed E-state index contributed by atoms with van der Waals surface area (Å²) in [5.74, 6) is -0.446. The van der Waals surface area contributed by atoms with E-state index in [-0.39, 0.29) is 17.3 Å². The summed E-state index contributed by atoms with van der Waals surface area (Å²) in [7, 11) is 1.58. The molecule has 2 rings (SSSR count). The molecule has 1 aromatic carbocycles. The van der Waals surface area contributed by atoms with Gasteiger partial charge in [0.1, 0.15) is 5.69 Å². The molecular weight excluding hydrogens is 302 g/mol. The van der Waals surface area contributed by atoms with Crippen molar-refractivity contribution in [3.63, 3.8) is 0 Å². The number of benzene rings is 1. The molecule has 21 heavy (non-hydrogen) atoms. The number of nitrogens with zero attached hydrogens (tertiary/aromatic N) is 4. The first kappa shape index (κ1) is 14.7. The van der Waals surface area contributed by atoms with Crippen LogP contribution in [0.2, 0.25) is 5.02 Å². The van der Waals surface area contributed by atoms with Crippen LogP contribution in [-0.2, 0) is 6.54 Å². The molecular formula is C11H10ClN5O4. The Morgan fingerprint density at radius 2 is 2.05 bits per heavy atom. The fourth-order valence-electron chi connectivity index (χ4n) is 1.82. The molecule has 0 bridgehead atoms. The van der Waals surface area contributed by atoms with E-state index in [2.05, 4.69) is 10.4 Å². The van der Waals surface area contributed by atoms with Gasteiger partial charge in [-0.3, -0.25) is 10.1 Å². The highest BCUT2D eigenvalue weighted by Crippen LogP contribution is 2.26. The van der Waals surface area contributed by atoms with Crippen molar-refractivity contribution in [2.75, 3.05) is 12.4 Å². The monoisotopic (exact) mass is 311 g/mol. The molecule has 0 saturated heterocycles. The number of anilines is 1. The number of nitrogens with one attached hydrogen (secondary N) is 1. The average Bonchev–Trinajstić information content (AvgIpc) is 2.79. The molecule has 0 aliphatic rings. The number of nitro groups is 2. The second-order valence-corrected chi connectivity index (χ2v) is 4.52. The third-order valence-electron chi connectivity index (χ3n) is 2.74. The first-order valence-corrected chi connectivity index (χ1v) is 6.12. The SMILES string of the molecule is CNc1ccc(Cn2cc(Cl)c([N+](=O)[O-])n2)cc1[N+](=O)[O-]. The Hall–Kier alpha value is -2.68. The highest BCUT2D eigenvalue weighted by atomic mass is 35.5. The summed E-state index contributed by atoms with van der Waals surface area (Å²) in [5, 5.41) is 28.0. The molecule has 1 N–H and O–H groups in total.